The minimum Gasteiger partial charge on any atom is -0.291 e. The van der Waals surface area contributed by atoms with Crippen molar-refractivity contribution >= 4 is 17.5 Å². The number of hydrogen-bond donors (Lipinski definition) is 0. The molecule has 0 fully saturated rings. The third kappa shape index (κ3) is 1.91. The number of fused-ring (bicyclic) bond motifs is 1. The molecule has 4 heteroatoms. The molecule has 0 unspecified atom stereocenters. The van der Waals surface area contributed by atoms with Gasteiger partial charge in [0, 0.05) is 29.0 Å². The number of nitrogens with zero attached hydrogens (tertiary/aromatic N) is 3. The molecule has 0 N–H and O–H groups in total. The van der Waals surface area contributed by atoms with Gasteiger partial charge in [0.05, 0.1) is 5.69 Å². The second-order valence-electron chi connectivity index (χ2n) is 3.68. The Kier molecular flexibility index (Phi) is 2.57. The smallest absolute Gasteiger partial charge is 0.234 e. The van der Waals surface area contributed by atoms with Crippen LogP contribution in [0.25, 0.3) is 17.0 Å². The zero-order chi connectivity index (χ0) is 11.7. The molecule has 3 aromatic rings. The summed E-state index contributed by atoms with van der Waals surface area (Å²) in [6, 6.07) is 10.3. The molecule has 1 aromatic carbocycles. The molecular formula is C13H11N3S. The van der Waals surface area contributed by atoms with Gasteiger partial charge in [-0.3, -0.25) is 4.40 Å². The fraction of sp³-hybridized carbons (Fsp3) is 0.0769. The second kappa shape index (κ2) is 4.22. The van der Waals surface area contributed by atoms with Gasteiger partial charge in [0.25, 0.3) is 0 Å². The fourth-order valence-corrected chi connectivity index (χ4v) is 2.14. The summed E-state index contributed by atoms with van der Waals surface area (Å²) in [6.07, 6.45) is 7.78. The summed E-state index contributed by atoms with van der Waals surface area (Å²) in [7, 11) is 0. The van der Waals surface area contributed by atoms with Crippen LogP contribution in [0.5, 0.6) is 0 Å². The van der Waals surface area contributed by atoms with Crippen LogP contribution >= 0.6 is 11.8 Å². The maximum Gasteiger partial charge on any atom is 0.234 e. The largest absolute Gasteiger partial charge is 0.291 e. The SMILES string of the molecule is CSc1ccc(-c2cn3cccnc3n2)cc1. The highest BCUT2D eigenvalue weighted by atomic mass is 32.2. The molecule has 0 amide bonds. The minimum absolute atomic E-state index is 0.733. The molecule has 0 radical (unpaired) electrons. The van der Waals surface area contributed by atoms with E-state index in [4.69, 9.17) is 0 Å². The first kappa shape index (κ1) is 10.4. The quantitative estimate of drug-likeness (QED) is 0.646. The van der Waals surface area contributed by atoms with Gasteiger partial charge in [-0.1, -0.05) is 12.1 Å². The zero-order valence-corrected chi connectivity index (χ0v) is 10.2. The average molecular weight is 241 g/mol. The topological polar surface area (TPSA) is 30.2 Å². The van der Waals surface area contributed by atoms with Gasteiger partial charge in [-0.25, -0.2) is 9.97 Å². The van der Waals surface area contributed by atoms with Crippen LogP contribution in [-0.4, -0.2) is 20.6 Å². The summed E-state index contributed by atoms with van der Waals surface area (Å²) in [5, 5.41) is 0. The Labute approximate surface area is 104 Å². The van der Waals surface area contributed by atoms with Crippen LogP contribution in [0.15, 0.2) is 53.8 Å². The van der Waals surface area contributed by atoms with Crippen LogP contribution < -0.4 is 0 Å². The highest BCUT2D eigenvalue weighted by Gasteiger charge is 2.04. The highest BCUT2D eigenvalue weighted by Crippen LogP contribution is 2.22. The molecule has 0 aliphatic heterocycles. The van der Waals surface area contributed by atoms with Crippen molar-refractivity contribution in [1.29, 1.82) is 0 Å². The molecule has 3 nitrogen and oxygen atoms in total. The molecule has 0 spiro atoms. The van der Waals surface area contributed by atoms with Crippen molar-refractivity contribution in [2.75, 3.05) is 6.26 Å². The van der Waals surface area contributed by atoms with Crippen LogP contribution in [-0.2, 0) is 0 Å². The summed E-state index contributed by atoms with van der Waals surface area (Å²) < 4.78 is 1.93. The maximum absolute atomic E-state index is 4.48. The van der Waals surface area contributed by atoms with Gasteiger partial charge < -0.3 is 0 Å². The molecule has 84 valence electrons. The lowest BCUT2D eigenvalue weighted by Crippen LogP contribution is -1.82. The maximum atomic E-state index is 4.48. The Balaban J connectivity index is 2.07. The van der Waals surface area contributed by atoms with Crippen molar-refractivity contribution in [3.63, 3.8) is 0 Å². The molecule has 2 heterocycles. The third-order valence-corrected chi connectivity index (χ3v) is 3.36. The van der Waals surface area contributed by atoms with E-state index in [2.05, 4.69) is 40.5 Å². The Morgan fingerprint density at radius 1 is 1.18 bits per heavy atom. The molecule has 17 heavy (non-hydrogen) atoms. The Morgan fingerprint density at radius 3 is 2.71 bits per heavy atom. The lowest BCUT2D eigenvalue weighted by Gasteiger charge is -1.98. The van der Waals surface area contributed by atoms with Crippen molar-refractivity contribution in [3.05, 3.63) is 48.9 Å². The summed E-state index contributed by atoms with van der Waals surface area (Å²) in [5.74, 6) is 0.733. The number of thioether (sulfide) groups is 1. The van der Waals surface area contributed by atoms with Crippen LogP contribution in [0.4, 0.5) is 0 Å². The molecule has 3 rings (SSSR count). The summed E-state index contributed by atoms with van der Waals surface area (Å²) in [4.78, 5) is 9.95. The highest BCUT2D eigenvalue weighted by molar-refractivity contribution is 7.98. The molecule has 0 aliphatic rings. The van der Waals surface area contributed by atoms with Gasteiger partial charge in [0.1, 0.15) is 0 Å². The molecule has 0 saturated carbocycles. The molecule has 0 aliphatic carbocycles. The number of rotatable bonds is 2. The minimum atomic E-state index is 0.733. The molecule has 2 aromatic heterocycles. The van der Waals surface area contributed by atoms with Gasteiger partial charge in [-0.15, -0.1) is 11.8 Å². The first-order chi connectivity index (χ1) is 8.36. The number of hydrogen-bond acceptors (Lipinski definition) is 3. The first-order valence-corrected chi connectivity index (χ1v) is 6.53. The summed E-state index contributed by atoms with van der Waals surface area (Å²) in [5.41, 5.74) is 2.07. The van der Waals surface area contributed by atoms with Crippen LogP contribution in [0.1, 0.15) is 0 Å². The number of aromatic nitrogens is 3. The van der Waals surface area contributed by atoms with E-state index in [1.807, 2.05) is 22.9 Å². The van der Waals surface area contributed by atoms with Crippen molar-refractivity contribution in [2.24, 2.45) is 0 Å². The van der Waals surface area contributed by atoms with Crippen molar-refractivity contribution < 1.29 is 0 Å². The standard InChI is InChI=1S/C13H11N3S/c1-17-11-5-3-10(4-6-11)12-9-16-8-2-7-14-13(16)15-12/h2-9H,1H3. The third-order valence-electron chi connectivity index (χ3n) is 2.62. The van der Waals surface area contributed by atoms with Crippen molar-refractivity contribution in [3.8, 4) is 11.3 Å². The predicted octanol–water partition coefficient (Wildman–Crippen LogP) is 3.12. The van der Waals surface area contributed by atoms with E-state index in [0.29, 0.717) is 0 Å². The summed E-state index contributed by atoms with van der Waals surface area (Å²) in [6.45, 7) is 0. The molecule has 0 atom stereocenters. The predicted molar refractivity (Wildman–Crippen MR) is 70.2 cm³/mol. The number of benzene rings is 1. The van der Waals surface area contributed by atoms with Crippen molar-refractivity contribution in [2.45, 2.75) is 4.90 Å². The molecular weight excluding hydrogens is 230 g/mol. The van der Waals surface area contributed by atoms with E-state index in [1.54, 1.807) is 18.0 Å². The van der Waals surface area contributed by atoms with E-state index in [0.717, 1.165) is 17.0 Å². The van der Waals surface area contributed by atoms with E-state index in [9.17, 15) is 0 Å². The number of imidazole rings is 1. The Morgan fingerprint density at radius 2 is 2.00 bits per heavy atom. The summed E-state index contributed by atoms with van der Waals surface area (Å²) >= 11 is 1.74. The lowest BCUT2D eigenvalue weighted by molar-refractivity contribution is 1.11. The van der Waals surface area contributed by atoms with Crippen molar-refractivity contribution in [1.82, 2.24) is 14.4 Å². The first-order valence-electron chi connectivity index (χ1n) is 5.31. The van der Waals surface area contributed by atoms with E-state index < -0.39 is 0 Å². The van der Waals surface area contributed by atoms with Crippen LogP contribution in [0, 0.1) is 0 Å². The van der Waals surface area contributed by atoms with Crippen LogP contribution in [0.2, 0.25) is 0 Å². The fourth-order valence-electron chi connectivity index (χ4n) is 1.73. The normalized spacial score (nSPS) is 10.9. The van der Waals surface area contributed by atoms with Gasteiger partial charge in [-0.2, -0.15) is 0 Å². The zero-order valence-electron chi connectivity index (χ0n) is 9.37. The average Bonchev–Trinajstić information content (AvgIpc) is 2.82. The van der Waals surface area contributed by atoms with Gasteiger partial charge >= 0.3 is 0 Å². The molecule has 0 saturated heterocycles. The van der Waals surface area contributed by atoms with Gasteiger partial charge in [0.2, 0.25) is 5.78 Å². The lowest BCUT2D eigenvalue weighted by atomic mass is 10.2. The van der Waals surface area contributed by atoms with E-state index >= 15 is 0 Å². The Bertz CT molecular complexity index is 610. The molecule has 0 bridgehead atoms. The van der Waals surface area contributed by atoms with Gasteiger partial charge in [0.15, 0.2) is 0 Å². The van der Waals surface area contributed by atoms with E-state index in [-0.39, 0.29) is 0 Å². The Hall–Kier alpha value is -1.81. The van der Waals surface area contributed by atoms with E-state index in [1.165, 1.54) is 4.90 Å². The second-order valence-corrected chi connectivity index (χ2v) is 4.56. The monoisotopic (exact) mass is 241 g/mol. The van der Waals surface area contributed by atoms with Gasteiger partial charge in [-0.05, 0) is 24.5 Å². The van der Waals surface area contributed by atoms with Crippen LogP contribution in [0.3, 0.4) is 0 Å².